The zero-order valence-electron chi connectivity index (χ0n) is 11.4. The Kier molecular flexibility index (Phi) is 4.36. The zero-order valence-corrected chi connectivity index (χ0v) is 11.4. The third kappa shape index (κ3) is 3.79. The molecule has 0 radical (unpaired) electrons. The van der Waals surface area contributed by atoms with Crippen LogP contribution in [-0.2, 0) is 6.54 Å². The molecule has 2 rings (SSSR count). The largest absolute Gasteiger partial charge is 0.312 e. The highest BCUT2D eigenvalue weighted by Crippen LogP contribution is 2.29. The molecule has 0 saturated carbocycles. The molecule has 1 aliphatic heterocycles. The smallest absolute Gasteiger partial charge is 0.123 e. The summed E-state index contributed by atoms with van der Waals surface area (Å²) in [5.41, 5.74) is 1.56. The number of halogens is 1. The SMILES string of the molecule is CN1CCC(C)(CNCc2ccc(F)cc2)CC1. The molecule has 3 heteroatoms. The van der Waals surface area contributed by atoms with Gasteiger partial charge < -0.3 is 10.2 Å². The molecule has 18 heavy (non-hydrogen) atoms. The van der Waals surface area contributed by atoms with Crippen LogP contribution in [0.25, 0.3) is 0 Å². The molecule has 2 nitrogen and oxygen atoms in total. The lowest BCUT2D eigenvalue weighted by atomic mass is 9.80. The average Bonchev–Trinajstić information content (AvgIpc) is 2.36. The molecule has 1 aromatic rings. The quantitative estimate of drug-likeness (QED) is 0.884. The van der Waals surface area contributed by atoms with E-state index in [0.29, 0.717) is 5.41 Å². The van der Waals surface area contributed by atoms with Crippen molar-refractivity contribution in [1.29, 1.82) is 0 Å². The van der Waals surface area contributed by atoms with Crippen molar-refractivity contribution in [2.75, 3.05) is 26.7 Å². The number of rotatable bonds is 4. The van der Waals surface area contributed by atoms with Gasteiger partial charge in [-0.15, -0.1) is 0 Å². The van der Waals surface area contributed by atoms with Gasteiger partial charge in [0.2, 0.25) is 0 Å². The van der Waals surface area contributed by atoms with Gasteiger partial charge in [-0.3, -0.25) is 0 Å². The predicted octanol–water partition coefficient (Wildman–Crippen LogP) is 2.65. The van der Waals surface area contributed by atoms with Crippen molar-refractivity contribution in [1.82, 2.24) is 10.2 Å². The van der Waals surface area contributed by atoms with E-state index in [2.05, 4.69) is 24.2 Å². The fraction of sp³-hybridized carbons (Fsp3) is 0.600. The number of nitrogens with zero attached hydrogens (tertiary/aromatic N) is 1. The fourth-order valence-corrected chi connectivity index (χ4v) is 2.45. The van der Waals surface area contributed by atoms with Crippen LogP contribution in [0.1, 0.15) is 25.3 Å². The van der Waals surface area contributed by atoms with Crippen LogP contribution in [0, 0.1) is 11.2 Å². The van der Waals surface area contributed by atoms with E-state index in [4.69, 9.17) is 0 Å². The van der Waals surface area contributed by atoms with Crippen LogP contribution in [0.5, 0.6) is 0 Å². The van der Waals surface area contributed by atoms with E-state index in [9.17, 15) is 4.39 Å². The summed E-state index contributed by atoms with van der Waals surface area (Å²) in [4.78, 5) is 2.39. The summed E-state index contributed by atoms with van der Waals surface area (Å²) in [7, 11) is 2.19. The molecule has 1 aliphatic rings. The molecule has 1 aromatic carbocycles. The minimum atomic E-state index is -0.166. The van der Waals surface area contributed by atoms with E-state index in [1.807, 2.05) is 12.1 Å². The number of benzene rings is 1. The molecule has 100 valence electrons. The van der Waals surface area contributed by atoms with E-state index in [1.165, 1.54) is 38.1 Å². The summed E-state index contributed by atoms with van der Waals surface area (Å²) in [5.74, 6) is -0.166. The van der Waals surface area contributed by atoms with Gasteiger partial charge in [0.15, 0.2) is 0 Å². The highest BCUT2D eigenvalue weighted by molar-refractivity contribution is 5.15. The summed E-state index contributed by atoms with van der Waals surface area (Å²) in [6.45, 7) is 6.60. The molecular formula is C15H23FN2. The number of nitrogens with one attached hydrogen (secondary N) is 1. The van der Waals surface area contributed by atoms with Gasteiger partial charge in [-0.1, -0.05) is 19.1 Å². The molecule has 0 bridgehead atoms. The van der Waals surface area contributed by atoms with E-state index in [0.717, 1.165) is 18.7 Å². The fourth-order valence-electron chi connectivity index (χ4n) is 2.45. The molecule has 0 atom stereocenters. The second-order valence-electron chi connectivity index (χ2n) is 5.84. The predicted molar refractivity (Wildman–Crippen MR) is 72.9 cm³/mol. The maximum Gasteiger partial charge on any atom is 0.123 e. The summed E-state index contributed by atoms with van der Waals surface area (Å²) < 4.78 is 12.8. The molecule has 0 aromatic heterocycles. The van der Waals surface area contributed by atoms with Gasteiger partial charge >= 0.3 is 0 Å². The van der Waals surface area contributed by atoms with Crippen molar-refractivity contribution >= 4 is 0 Å². The minimum absolute atomic E-state index is 0.166. The maximum atomic E-state index is 12.8. The first-order chi connectivity index (χ1) is 8.57. The monoisotopic (exact) mass is 250 g/mol. The second kappa shape index (κ2) is 5.81. The Labute approximate surface area is 109 Å². The first-order valence-electron chi connectivity index (χ1n) is 6.71. The van der Waals surface area contributed by atoms with E-state index >= 15 is 0 Å². The van der Waals surface area contributed by atoms with Gasteiger partial charge in [-0.05, 0) is 56.1 Å². The third-order valence-corrected chi connectivity index (χ3v) is 3.99. The lowest BCUT2D eigenvalue weighted by Gasteiger charge is -2.38. The molecule has 0 amide bonds. The van der Waals surface area contributed by atoms with Gasteiger partial charge in [0.05, 0.1) is 0 Å². The lowest BCUT2D eigenvalue weighted by molar-refractivity contribution is 0.137. The second-order valence-corrected chi connectivity index (χ2v) is 5.84. The number of likely N-dealkylation sites (tertiary alicyclic amines) is 1. The van der Waals surface area contributed by atoms with Gasteiger partial charge in [-0.25, -0.2) is 4.39 Å². The van der Waals surface area contributed by atoms with Crippen LogP contribution in [-0.4, -0.2) is 31.6 Å². The Hall–Kier alpha value is -0.930. The molecule has 0 aliphatic carbocycles. The van der Waals surface area contributed by atoms with Gasteiger partial charge in [0.25, 0.3) is 0 Å². The summed E-state index contributed by atoms with van der Waals surface area (Å²) in [6.07, 6.45) is 2.50. The molecule has 1 saturated heterocycles. The number of piperidine rings is 1. The van der Waals surface area contributed by atoms with E-state index in [-0.39, 0.29) is 5.82 Å². The Morgan fingerprint density at radius 1 is 1.22 bits per heavy atom. The minimum Gasteiger partial charge on any atom is -0.312 e. The summed E-state index contributed by atoms with van der Waals surface area (Å²) in [5, 5.41) is 3.51. The molecule has 0 spiro atoms. The maximum absolute atomic E-state index is 12.8. The van der Waals surface area contributed by atoms with E-state index in [1.54, 1.807) is 0 Å². The van der Waals surface area contributed by atoms with Crippen molar-refractivity contribution in [3.05, 3.63) is 35.6 Å². The van der Waals surface area contributed by atoms with Crippen LogP contribution < -0.4 is 5.32 Å². The van der Waals surface area contributed by atoms with Crippen molar-refractivity contribution in [2.45, 2.75) is 26.3 Å². The Morgan fingerprint density at radius 3 is 2.44 bits per heavy atom. The molecule has 1 heterocycles. The zero-order chi connectivity index (χ0) is 13.0. The first kappa shape index (κ1) is 13.5. The molecule has 0 unspecified atom stereocenters. The third-order valence-electron chi connectivity index (χ3n) is 3.99. The van der Waals surface area contributed by atoms with Crippen molar-refractivity contribution in [3.8, 4) is 0 Å². The topological polar surface area (TPSA) is 15.3 Å². The average molecular weight is 250 g/mol. The molecular weight excluding hydrogens is 227 g/mol. The summed E-state index contributed by atoms with van der Waals surface area (Å²) in [6, 6.07) is 6.74. The van der Waals surface area contributed by atoms with E-state index < -0.39 is 0 Å². The summed E-state index contributed by atoms with van der Waals surface area (Å²) >= 11 is 0. The van der Waals surface area contributed by atoms with Crippen LogP contribution in [0.2, 0.25) is 0 Å². The van der Waals surface area contributed by atoms with Gasteiger partial charge in [0.1, 0.15) is 5.82 Å². The molecule has 1 fully saturated rings. The standard InChI is InChI=1S/C15H23FN2/c1-15(7-9-18(2)10-8-15)12-17-11-13-3-5-14(16)6-4-13/h3-6,17H,7-12H2,1-2H3. The Morgan fingerprint density at radius 2 is 1.83 bits per heavy atom. The first-order valence-corrected chi connectivity index (χ1v) is 6.71. The van der Waals surface area contributed by atoms with Crippen molar-refractivity contribution < 1.29 is 4.39 Å². The number of hydrogen-bond donors (Lipinski definition) is 1. The number of hydrogen-bond acceptors (Lipinski definition) is 2. The highest BCUT2D eigenvalue weighted by atomic mass is 19.1. The Bertz CT molecular complexity index is 367. The van der Waals surface area contributed by atoms with Crippen LogP contribution in [0.15, 0.2) is 24.3 Å². The lowest BCUT2D eigenvalue weighted by Crippen LogP contribution is -2.41. The van der Waals surface area contributed by atoms with Gasteiger partial charge in [0, 0.05) is 13.1 Å². The Balaban J connectivity index is 1.76. The van der Waals surface area contributed by atoms with Crippen LogP contribution in [0.3, 0.4) is 0 Å². The highest BCUT2D eigenvalue weighted by Gasteiger charge is 2.28. The van der Waals surface area contributed by atoms with Crippen LogP contribution >= 0.6 is 0 Å². The molecule has 1 N–H and O–H groups in total. The normalized spacial score (nSPS) is 19.9. The van der Waals surface area contributed by atoms with Crippen LogP contribution in [0.4, 0.5) is 4.39 Å². The van der Waals surface area contributed by atoms with Gasteiger partial charge in [-0.2, -0.15) is 0 Å². The van der Waals surface area contributed by atoms with Crippen molar-refractivity contribution in [2.24, 2.45) is 5.41 Å². The van der Waals surface area contributed by atoms with Crippen molar-refractivity contribution in [3.63, 3.8) is 0 Å².